The summed E-state index contributed by atoms with van der Waals surface area (Å²) in [6, 6.07) is 7.19. The quantitative estimate of drug-likeness (QED) is 0.255. The first kappa shape index (κ1) is 27.6. The van der Waals surface area contributed by atoms with Crippen LogP contribution in [0.1, 0.15) is 47.0 Å². The van der Waals surface area contributed by atoms with Gasteiger partial charge < -0.3 is 20.7 Å². The SMILES string of the molecule is CC(C)Oc1ccc(NC(=NCc2nccn2C(F)F)NCC(=O)NC(C)(C)C)cc1.I. The van der Waals surface area contributed by atoms with E-state index in [2.05, 4.69) is 25.9 Å². The molecule has 1 heterocycles. The van der Waals surface area contributed by atoms with Gasteiger partial charge in [0.25, 0.3) is 0 Å². The molecule has 2 aromatic rings. The predicted octanol–water partition coefficient (Wildman–Crippen LogP) is 4.16. The molecular weight excluding hydrogens is 533 g/mol. The van der Waals surface area contributed by atoms with E-state index in [0.717, 1.165) is 10.3 Å². The van der Waals surface area contributed by atoms with Gasteiger partial charge in [0, 0.05) is 23.6 Å². The number of imidazole rings is 1. The van der Waals surface area contributed by atoms with Crippen LogP contribution < -0.4 is 20.7 Å². The number of hydrogen-bond acceptors (Lipinski definition) is 4. The normalized spacial score (nSPS) is 11.8. The van der Waals surface area contributed by atoms with Crippen molar-refractivity contribution < 1.29 is 18.3 Å². The van der Waals surface area contributed by atoms with Crippen LogP contribution in [0.2, 0.25) is 0 Å². The Labute approximate surface area is 204 Å². The Morgan fingerprint density at radius 3 is 2.44 bits per heavy atom. The van der Waals surface area contributed by atoms with E-state index >= 15 is 0 Å². The number of guanidine groups is 1. The molecule has 8 nitrogen and oxygen atoms in total. The lowest BCUT2D eigenvalue weighted by atomic mass is 10.1. The average molecular weight is 564 g/mol. The number of hydrogen-bond donors (Lipinski definition) is 3. The molecule has 32 heavy (non-hydrogen) atoms. The zero-order chi connectivity index (χ0) is 23.0. The molecule has 0 radical (unpaired) electrons. The van der Waals surface area contributed by atoms with Crippen LogP contribution in [0.15, 0.2) is 41.7 Å². The van der Waals surface area contributed by atoms with Crippen LogP contribution >= 0.6 is 24.0 Å². The van der Waals surface area contributed by atoms with E-state index in [1.54, 1.807) is 24.3 Å². The number of aromatic nitrogens is 2. The summed E-state index contributed by atoms with van der Waals surface area (Å²) in [6.07, 6.45) is 2.54. The van der Waals surface area contributed by atoms with Crippen LogP contribution in [-0.4, -0.2) is 39.6 Å². The second kappa shape index (κ2) is 12.6. The Morgan fingerprint density at radius 1 is 1.22 bits per heavy atom. The maximum atomic E-state index is 13.1. The molecule has 1 amide bonds. The van der Waals surface area contributed by atoms with Crippen molar-refractivity contribution in [2.24, 2.45) is 4.99 Å². The fraction of sp³-hybridized carbons (Fsp3) is 0.476. The van der Waals surface area contributed by atoms with Gasteiger partial charge in [0.15, 0.2) is 5.96 Å². The Morgan fingerprint density at radius 2 is 1.88 bits per heavy atom. The lowest BCUT2D eigenvalue weighted by Crippen LogP contribution is -2.46. The van der Waals surface area contributed by atoms with Gasteiger partial charge in [0.2, 0.25) is 5.91 Å². The molecule has 0 aliphatic carbocycles. The number of carbonyl (C=O) groups is 1. The van der Waals surface area contributed by atoms with Gasteiger partial charge in [0.05, 0.1) is 12.6 Å². The number of rotatable bonds is 8. The first-order valence-electron chi connectivity index (χ1n) is 9.96. The minimum absolute atomic E-state index is 0. The van der Waals surface area contributed by atoms with Crippen molar-refractivity contribution in [2.75, 3.05) is 11.9 Å². The summed E-state index contributed by atoms with van der Waals surface area (Å²) in [6.45, 7) is 6.67. The number of benzene rings is 1. The van der Waals surface area contributed by atoms with Crippen LogP contribution in [0.5, 0.6) is 5.75 Å². The fourth-order valence-corrected chi connectivity index (χ4v) is 2.59. The van der Waals surface area contributed by atoms with Crippen molar-refractivity contribution in [2.45, 2.75) is 59.4 Å². The topological polar surface area (TPSA) is 92.6 Å². The van der Waals surface area contributed by atoms with Crippen LogP contribution in [0, 0.1) is 0 Å². The van der Waals surface area contributed by atoms with Crippen LogP contribution in [0.3, 0.4) is 0 Å². The molecule has 0 bridgehead atoms. The maximum absolute atomic E-state index is 13.1. The van der Waals surface area contributed by atoms with Crippen molar-refractivity contribution in [3.8, 4) is 5.75 Å². The highest BCUT2D eigenvalue weighted by atomic mass is 127. The highest BCUT2D eigenvalue weighted by Crippen LogP contribution is 2.17. The first-order valence-corrected chi connectivity index (χ1v) is 9.96. The number of amides is 1. The van der Waals surface area contributed by atoms with E-state index < -0.39 is 6.55 Å². The number of nitrogens with one attached hydrogen (secondary N) is 3. The highest BCUT2D eigenvalue weighted by molar-refractivity contribution is 14.0. The van der Waals surface area contributed by atoms with E-state index in [9.17, 15) is 13.6 Å². The number of anilines is 1. The summed E-state index contributed by atoms with van der Waals surface area (Å²) >= 11 is 0. The lowest BCUT2D eigenvalue weighted by Gasteiger charge is -2.21. The van der Waals surface area contributed by atoms with Gasteiger partial charge in [-0.05, 0) is 58.9 Å². The van der Waals surface area contributed by atoms with Gasteiger partial charge in [-0.15, -0.1) is 24.0 Å². The summed E-state index contributed by atoms with van der Waals surface area (Å²) < 4.78 is 32.5. The number of halogens is 3. The van der Waals surface area contributed by atoms with E-state index in [1.807, 2.05) is 34.6 Å². The predicted molar refractivity (Wildman–Crippen MR) is 132 cm³/mol. The molecule has 0 spiro atoms. The van der Waals surface area contributed by atoms with Crippen LogP contribution in [0.4, 0.5) is 14.5 Å². The maximum Gasteiger partial charge on any atom is 0.319 e. The molecular formula is C21H31F2IN6O2. The summed E-state index contributed by atoms with van der Waals surface area (Å²) in [5.74, 6) is 0.855. The molecule has 0 saturated carbocycles. The monoisotopic (exact) mass is 564 g/mol. The van der Waals surface area contributed by atoms with Crippen molar-refractivity contribution >= 4 is 41.5 Å². The minimum atomic E-state index is -2.71. The summed E-state index contributed by atoms with van der Waals surface area (Å²) in [4.78, 5) is 20.4. The molecule has 0 atom stereocenters. The summed E-state index contributed by atoms with van der Waals surface area (Å²) in [5.41, 5.74) is 0.313. The third kappa shape index (κ3) is 9.79. The summed E-state index contributed by atoms with van der Waals surface area (Å²) in [5, 5.41) is 8.83. The van der Waals surface area contributed by atoms with Crippen molar-refractivity contribution in [1.29, 1.82) is 0 Å². The van der Waals surface area contributed by atoms with Gasteiger partial charge in [-0.25, -0.2) is 9.98 Å². The highest BCUT2D eigenvalue weighted by Gasteiger charge is 2.15. The average Bonchev–Trinajstić information content (AvgIpc) is 3.12. The standard InChI is InChI=1S/C21H30F2N6O2.HI/c1-14(2)31-16-8-6-15(7-9-16)27-20(26-13-18(30)28-21(3,4)5)25-12-17-24-10-11-29(17)19(22)23;/h6-11,14,19H,12-13H2,1-5H3,(H,28,30)(H2,25,26,27);1H. The molecule has 0 saturated heterocycles. The molecule has 1 aromatic heterocycles. The van der Waals surface area contributed by atoms with E-state index in [-0.39, 0.29) is 66.4 Å². The summed E-state index contributed by atoms with van der Waals surface area (Å²) in [7, 11) is 0. The van der Waals surface area contributed by atoms with Crippen molar-refractivity contribution in [3.05, 3.63) is 42.5 Å². The first-order chi connectivity index (χ1) is 14.5. The fourth-order valence-electron chi connectivity index (χ4n) is 2.59. The third-order valence-electron chi connectivity index (χ3n) is 3.76. The smallest absolute Gasteiger partial charge is 0.319 e. The zero-order valence-corrected chi connectivity index (χ0v) is 21.2. The van der Waals surface area contributed by atoms with Gasteiger partial charge in [-0.1, -0.05) is 0 Å². The molecule has 11 heteroatoms. The van der Waals surface area contributed by atoms with Gasteiger partial charge >= 0.3 is 6.55 Å². The second-order valence-corrected chi connectivity index (χ2v) is 8.16. The Kier molecular flexibility index (Phi) is 10.8. The number of ether oxygens (including phenoxy) is 1. The molecule has 1 aromatic carbocycles. The molecule has 178 valence electrons. The number of nitrogens with zero attached hydrogens (tertiary/aromatic N) is 3. The van der Waals surface area contributed by atoms with Gasteiger partial charge in [-0.2, -0.15) is 8.78 Å². The van der Waals surface area contributed by atoms with Gasteiger partial charge in [0.1, 0.15) is 18.1 Å². The minimum Gasteiger partial charge on any atom is -0.491 e. The zero-order valence-electron chi connectivity index (χ0n) is 18.9. The third-order valence-corrected chi connectivity index (χ3v) is 3.76. The van der Waals surface area contributed by atoms with E-state index in [1.165, 1.54) is 12.4 Å². The van der Waals surface area contributed by atoms with Crippen molar-refractivity contribution in [3.63, 3.8) is 0 Å². The number of alkyl halides is 2. The van der Waals surface area contributed by atoms with Crippen molar-refractivity contribution in [1.82, 2.24) is 20.2 Å². The Balaban J connectivity index is 0.00000512. The molecule has 0 unspecified atom stereocenters. The molecule has 0 fully saturated rings. The molecule has 0 aliphatic rings. The number of aliphatic imine (C=N–C) groups is 1. The van der Waals surface area contributed by atoms with Crippen LogP contribution in [-0.2, 0) is 11.3 Å². The van der Waals surface area contributed by atoms with Crippen LogP contribution in [0.25, 0.3) is 0 Å². The van der Waals surface area contributed by atoms with E-state index in [0.29, 0.717) is 5.69 Å². The lowest BCUT2D eigenvalue weighted by molar-refractivity contribution is -0.121. The second-order valence-electron chi connectivity index (χ2n) is 8.16. The largest absolute Gasteiger partial charge is 0.491 e. The Bertz CT molecular complexity index is 879. The van der Waals surface area contributed by atoms with E-state index in [4.69, 9.17) is 4.74 Å². The molecule has 3 N–H and O–H groups in total. The number of carbonyl (C=O) groups excluding carboxylic acids is 1. The molecule has 0 aliphatic heterocycles. The van der Waals surface area contributed by atoms with Gasteiger partial charge in [-0.3, -0.25) is 9.36 Å². The molecule has 2 rings (SSSR count). The Hall–Kier alpha value is -2.44.